The van der Waals surface area contributed by atoms with Crippen LogP contribution in [0.25, 0.3) is 0 Å². The smallest absolute Gasteiger partial charge is 0.312 e. The van der Waals surface area contributed by atoms with Gasteiger partial charge in [-0.15, -0.1) is 0 Å². The molecule has 1 N–H and O–H groups in total. The zero-order chi connectivity index (χ0) is 9.94. The molecule has 0 saturated carbocycles. The predicted octanol–water partition coefficient (Wildman–Crippen LogP) is 0.718. The fraction of sp³-hybridized carbons (Fsp3) is 0.750. The highest BCUT2D eigenvalue weighted by Crippen LogP contribution is 2.11. The summed E-state index contributed by atoms with van der Waals surface area (Å²) in [5.41, 5.74) is -0.313. The van der Waals surface area contributed by atoms with Crippen LogP contribution in [-0.2, 0) is 9.59 Å². The Balaban J connectivity index is 4.21. The Morgan fingerprint density at radius 3 is 2.00 bits per heavy atom. The van der Waals surface area contributed by atoms with Crippen molar-refractivity contribution in [3.63, 3.8) is 0 Å². The second-order valence-corrected chi connectivity index (χ2v) is 3.69. The van der Waals surface area contributed by atoms with Gasteiger partial charge in [-0.3, -0.25) is 9.59 Å². The molecule has 4 nitrogen and oxygen atoms in total. The van der Waals surface area contributed by atoms with Crippen molar-refractivity contribution in [2.24, 2.45) is 0 Å². The largest absolute Gasteiger partial charge is 0.481 e. The van der Waals surface area contributed by atoms with Gasteiger partial charge in [-0.1, -0.05) is 0 Å². The molecule has 0 spiro atoms. The number of hydrogen-bond donors (Lipinski definition) is 1. The van der Waals surface area contributed by atoms with Gasteiger partial charge in [0.1, 0.15) is 6.42 Å². The number of carboxylic acid groups (broad SMARTS) is 1. The molecule has 0 aromatic rings. The molecule has 0 unspecified atom stereocenters. The zero-order valence-corrected chi connectivity index (χ0v) is 7.92. The first-order valence-electron chi connectivity index (χ1n) is 3.73. The lowest BCUT2D eigenvalue weighted by molar-refractivity contribution is -0.145. The lowest BCUT2D eigenvalue weighted by atomic mass is 10.1. The molecule has 0 aromatic carbocycles. The summed E-state index contributed by atoms with van der Waals surface area (Å²) in [6, 6.07) is 0. The number of nitrogens with zero attached hydrogens (tertiary/aromatic N) is 1. The van der Waals surface area contributed by atoms with E-state index in [-0.39, 0.29) is 11.4 Å². The van der Waals surface area contributed by atoms with Crippen molar-refractivity contribution in [2.45, 2.75) is 32.7 Å². The highest BCUT2D eigenvalue weighted by atomic mass is 16.4. The van der Waals surface area contributed by atoms with Crippen LogP contribution in [0.15, 0.2) is 0 Å². The summed E-state index contributed by atoms with van der Waals surface area (Å²) in [4.78, 5) is 22.8. The summed E-state index contributed by atoms with van der Waals surface area (Å²) in [7, 11) is 1.60. The average Bonchev–Trinajstić information content (AvgIpc) is 1.82. The van der Waals surface area contributed by atoms with Gasteiger partial charge in [0.2, 0.25) is 5.91 Å². The van der Waals surface area contributed by atoms with Crippen molar-refractivity contribution in [2.75, 3.05) is 7.05 Å². The Morgan fingerprint density at radius 2 is 1.75 bits per heavy atom. The predicted molar refractivity (Wildman–Crippen MR) is 44.8 cm³/mol. The van der Waals surface area contributed by atoms with E-state index in [4.69, 9.17) is 5.11 Å². The van der Waals surface area contributed by atoms with E-state index in [1.54, 1.807) is 7.05 Å². The zero-order valence-electron chi connectivity index (χ0n) is 7.92. The maximum Gasteiger partial charge on any atom is 0.312 e. The first kappa shape index (κ1) is 10.9. The molecule has 0 rings (SSSR count). The minimum Gasteiger partial charge on any atom is -0.481 e. The van der Waals surface area contributed by atoms with Crippen molar-refractivity contribution in [3.05, 3.63) is 0 Å². The summed E-state index contributed by atoms with van der Waals surface area (Å²) in [6.07, 6.45) is -0.437. The topological polar surface area (TPSA) is 57.6 Å². The number of rotatable bonds is 2. The second kappa shape index (κ2) is 3.56. The minimum atomic E-state index is -1.09. The van der Waals surface area contributed by atoms with Gasteiger partial charge >= 0.3 is 5.97 Å². The summed E-state index contributed by atoms with van der Waals surface area (Å²) in [6.45, 7) is 5.56. The van der Waals surface area contributed by atoms with Crippen molar-refractivity contribution in [3.8, 4) is 0 Å². The highest BCUT2D eigenvalue weighted by Gasteiger charge is 2.23. The Kier molecular flexibility index (Phi) is 3.24. The summed E-state index contributed by atoms with van der Waals surface area (Å²) in [5.74, 6) is -1.45. The van der Waals surface area contributed by atoms with E-state index in [0.717, 1.165) is 0 Å². The Labute approximate surface area is 72.2 Å². The molecule has 0 bridgehead atoms. The van der Waals surface area contributed by atoms with Gasteiger partial charge in [-0.2, -0.15) is 0 Å². The third kappa shape index (κ3) is 3.37. The van der Waals surface area contributed by atoms with Gasteiger partial charge in [-0.25, -0.2) is 0 Å². The van der Waals surface area contributed by atoms with Gasteiger partial charge in [-0.05, 0) is 20.8 Å². The maximum absolute atomic E-state index is 11.1. The minimum absolute atomic E-state index is 0.313. The summed E-state index contributed by atoms with van der Waals surface area (Å²) in [5, 5.41) is 8.35. The summed E-state index contributed by atoms with van der Waals surface area (Å²) >= 11 is 0. The molecule has 0 aliphatic heterocycles. The third-order valence-corrected chi connectivity index (χ3v) is 1.68. The molecule has 1 amide bonds. The van der Waals surface area contributed by atoms with Gasteiger partial charge in [0, 0.05) is 12.6 Å². The van der Waals surface area contributed by atoms with Crippen LogP contribution in [0, 0.1) is 0 Å². The molecule has 70 valence electrons. The normalized spacial score (nSPS) is 11.0. The van der Waals surface area contributed by atoms with E-state index in [1.807, 2.05) is 20.8 Å². The SMILES string of the molecule is CN(C(=O)CC(=O)O)C(C)(C)C. The number of carboxylic acids is 1. The molecule has 0 aliphatic carbocycles. The third-order valence-electron chi connectivity index (χ3n) is 1.68. The second-order valence-electron chi connectivity index (χ2n) is 3.69. The Bertz CT molecular complexity index is 193. The number of hydrogen-bond acceptors (Lipinski definition) is 2. The number of aliphatic carboxylic acids is 1. The summed E-state index contributed by atoms with van der Waals surface area (Å²) < 4.78 is 0. The fourth-order valence-electron chi connectivity index (χ4n) is 0.622. The van der Waals surface area contributed by atoms with Gasteiger partial charge < -0.3 is 10.0 Å². The van der Waals surface area contributed by atoms with E-state index in [1.165, 1.54) is 4.90 Å². The van der Waals surface area contributed by atoms with Crippen LogP contribution in [0.2, 0.25) is 0 Å². The first-order chi connectivity index (χ1) is 5.25. The molecule has 0 saturated heterocycles. The van der Waals surface area contributed by atoms with Crippen LogP contribution in [0.4, 0.5) is 0 Å². The van der Waals surface area contributed by atoms with Crippen LogP contribution in [0.5, 0.6) is 0 Å². The molecular formula is C8H15NO3. The van der Waals surface area contributed by atoms with Crippen LogP contribution >= 0.6 is 0 Å². The van der Waals surface area contributed by atoms with Crippen LogP contribution in [-0.4, -0.2) is 34.5 Å². The Hall–Kier alpha value is -1.06. The number of carbonyl (C=O) groups is 2. The van der Waals surface area contributed by atoms with Crippen LogP contribution in [0.3, 0.4) is 0 Å². The van der Waals surface area contributed by atoms with E-state index < -0.39 is 12.4 Å². The van der Waals surface area contributed by atoms with E-state index in [9.17, 15) is 9.59 Å². The molecule has 12 heavy (non-hydrogen) atoms. The lowest BCUT2D eigenvalue weighted by Crippen LogP contribution is -2.43. The molecule has 0 atom stereocenters. The standard InChI is InChI=1S/C8H15NO3/c1-8(2,3)9(4)6(10)5-7(11)12/h5H2,1-4H3,(H,11,12). The molecule has 0 fully saturated rings. The molecule has 0 aliphatic rings. The fourth-order valence-corrected chi connectivity index (χ4v) is 0.622. The van der Waals surface area contributed by atoms with Gasteiger partial charge in [0.25, 0.3) is 0 Å². The molecular weight excluding hydrogens is 158 g/mol. The number of carbonyl (C=O) groups excluding carboxylic acids is 1. The highest BCUT2D eigenvalue weighted by molar-refractivity contribution is 5.93. The molecule has 0 heterocycles. The van der Waals surface area contributed by atoms with E-state index >= 15 is 0 Å². The van der Waals surface area contributed by atoms with Gasteiger partial charge in [0.15, 0.2) is 0 Å². The van der Waals surface area contributed by atoms with E-state index in [2.05, 4.69) is 0 Å². The lowest BCUT2D eigenvalue weighted by Gasteiger charge is -2.31. The molecule has 0 radical (unpaired) electrons. The van der Waals surface area contributed by atoms with Gasteiger partial charge in [0.05, 0.1) is 0 Å². The quantitative estimate of drug-likeness (QED) is 0.626. The molecule has 0 aromatic heterocycles. The number of amides is 1. The molecule has 4 heteroatoms. The first-order valence-corrected chi connectivity index (χ1v) is 3.73. The van der Waals surface area contributed by atoms with Crippen molar-refractivity contribution in [1.29, 1.82) is 0 Å². The van der Waals surface area contributed by atoms with Crippen molar-refractivity contribution < 1.29 is 14.7 Å². The van der Waals surface area contributed by atoms with Crippen LogP contribution in [0.1, 0.15) is 27.2 Å². The van der Waals surface area contributed by atoms with E-state index in [0.29, 0.717) is 0 Å². The average molecular weight is 173 g/mol. The monoisotopic (exact) mass is 173 g/mol. The van der Waals surface area contributed by atoms with Crippen molar-refractivity contribution in [1.82, 2.24) is 4.90 Å². The maximum atomic E-state index is 11.1. The van der Waals surface area contributed by atoms with Crippen LogP contribution < -0.4 is 0 Å². The Morgan fingerprint density at radius 1 is 1.33 bits per heavy atom. The van der Waals surface area contributed by atoms with Crippen molar-refractivity contribution >= 4 is 11.9 Å².